The molecule has 28 heavy (non-hydrogen) atoms. The van der Waals surface area contributed by atoms with Crippen LogP contribution in [0.1, 0.15) is 12.5 Å². The van der Waals surface area contributed by atoms with Gasteiger partial charge < -0.3 is 23.8 Å². The van der Waals surface area contributed by atoms with Crippen molar-refractivity contribution in [1.82, 2.24) is 4.90 Å². The molecule has 2 fully saturated rings. The van der Waals surface area contributed by atoms with Gasteiger partial charge in [0.1, 0.15) is 29.5 Å². The summed E-state index contributed by atoms with van der Waals surface area (Å²) in [6, 6.07) is 7.61. The lowest BCUT2D eigenvalue weighted by molar-refractivity contribution is -0.136. The fraction of sp³-hybridized carbons (Fsp3) is 0.429. The lowest BCUT2D eigenvalue weighted by atomic mass is 9.87. The number of rotatable bonds is 5. The van der Waals surface area contributed by atoms with Crippen LogP contribution < -0.4 is 4.74 Å². The van der Waals surface area contributed by atoms with Gasteiger partial charge in [0.15, 0.2) is 0 Å². The van der Waals surface area contributed by atoms with Crippen LogP contribution in [0.2, 0.25) is 0 Å². The molecule has 7 heteroatoms. The number of ether oxygens (including phenoxy) is 4. The molecule has 4 atom stereocenters. The van der Waals surface area contributed by atoms with Crippen LogP contribution in [-0.2, 0) is 30.3 Å². The minimum Gasteiger partial charge on any atom is -0.497 e. The number of nitrogens with zero attached hydrogens (tertiary/aromatic N) is 1. The fourth-order valence-electron chi connectivity index (χ4n) is 4.14. The second-order valence-electron chi connectivity index (χ2n) is 7.20. The molecule has 0 bridgehead atoms. The van der Waals surface area contributed by atoms with Gasteiger partial charge in [-0.05, 0) is 23.8 Å². The highest BCUT2D eigenvalue weighted by Gasteiger charge is 2.63. The summed E-state index contributed by atoms with van der Waals surface area (Å²) in [7, 11) is 1.62. The number of hydrogen-bond acceptors (Lipinski definition) is 6. The molecule has 4 rings (SSSR count). The maximum absolute atomic E-state index is 13.2. The smallest absolute Gasteiger partial charge is 0.307 e. The van der Waals surface area contributed by atoms with Crippen molar-refractivity contribution in [1.29, 1.82) is 0 Å². The van der Waals surface area contributed by atoms with E-state index in [9.17, 15) is 9.59 Å². The Balaban J connectivity index is 1.58. The summed E-state index contributed by atoms with van der Waals surface area (Å²) in [6.45, 7) is 2.61. The number of amides is 1. The molecule has 1 aromatic carbocycles. The normalized spacial score (nSPS) is 31.1. The van der Waals surface area contributed by atoms with Gasteiger partial charge in [-0.1, -0.05) is 24.3 Å². The predicted octanol–water partition coefficient (Wildman–Crippen LogP) is 1.82. The Morgan fingerprint density at radius 1 is 1.36 bits per heavy atom. The molecule has 0 spiro atoms. The molecule has 1 amide bonds. The van der Waals surface area contributed by atoms with Gasteiger partial charge in [0.05, 0.1) is 26.5 Å². The molecule has 0 saturated carbocycles. The Bertz CT molecular complexity index is 817. The summed E-state index contributed by atoms with van der Waals surface area (Å²) < 4.78 is 22.3. The van der Waals surface area contributed by atoms with E-state index >= 15 is 0 Å². The number of likely N-dealkylation sites (tertiary alicyclic amines) is 1. The van der Waals surface area contributed by atoms with E-state index in [1.54, 1.807) is 18.1 Å². The first-order valence-corrected chi connectivity index (χ1v) is 9.25. The average molecular weight is 385 g/mol. The minimum absolute atomic E-state index is 0.0221. The van der Waals surface area contributed by atoms with E-state index < -0.39 is 17.5 Å². The van der Waals surface area contributed by atoms with Crippen molar-refractivity contribution >= 4 is 11.9 Å². The van der Waals surface area contributed by atoms with Crippen LogP contribution >= 0.6 is 0 Å². The van der Waals surface area contributed by atoms with Crippen LogP contribution in [0, 0.1) is 5.92 Å². The standard InChI is InChI=1S/C21H23NO6/c1-14(23)26-11-9-21-13-22(12-15-5-7-16(25-2)8-6-15)20(24)18(21)19-17(28-21)4-3-10-27-19/h3-9,11,17-19H,10,12-13H2,1-2H3/b11-9+/t17-,18+,19+,21-/m1/s1. The SMILES string of the molecule is COc1ccc(CN2C[C@@]3(/C=C/OC(C)=O)O[C@@H]4C=CCO[C@@H]4[C@H]3C2=O)cc1. The van der Waals surface area contributed by atoms with Gasteiger partial charge in [-0.3, -0.25) is 9.59 Å². The van der Waals surface area contributed by atoms with E-state index in [4.69, 9.17) is 18.9 Å². The van der Waals surface area contributed by atoms with Gasteiger partial charge in [0, 0.05) is 13.5 Å². The first kappa shape index (κ1) is 18.7. The first-order chi connectivity index (χ1) is 13.5. The van der Waals surface area contributed by atoms with E-state index in [1.807, 2.05) is 36.4 Å². The van der Waals surface area contributed by atoms with Gasteiger partial charge in [-0.2, -0.15) is 0 Å². The second kappa shape index (κ2) is 7.41. The zero-order valence-electron chi connectivity index (χ0n) is 15.9. The largest absolute Gasteiger partial charge is 0.497 e. The maximum Gasteiger partial charge on any atom is 0.307 e. The van der Waals surface area contributed by atoms with Gasteiger partial charge in [0.25, 0.3) is 0 Å². The van der Waals surface area contributed by atoms with Crippen molar-refractivity contribution in [3.8, 4) is 5.75 Å². The Morgan fingerprint density at radius 2 is 2.14 bits per heavy atom. The van der Waals surface area contributed by atoms with Crippen LogP contribution in [-0.4, -0.2) is 54.8 Å². The molecule has 0 N–H and O–H groups in total. The van der Waals surface area contributed by atoms with Crippen molar-refractivity contribution in [2.24, 2.45) is 5.92 Å². The van der Waals surface area contributed by atoms with Crippen molar-refractivity contribution in [2.45, 2.75) is 31.3 Å². The summed E-state index contributed by atoms with van der Waals surface area (Å²) >= 11 is 0. The van der Waals surface area contributed by atoms with Crippen molar-refractivity contribution in [3.05, 3.63) is 54.3 Å². The van der Waals surface area contributed by atoms with E-state index in [0.29, 0.717) is 19.7 Å². The summed E-state index contributed by atoms with van der Waals surface area (Å²) in [4.78, 5) is 26.2. The zero-order chi connectivity index (χ0) is 19.7. The molecule has 0 aromatic heterocycles. The summed E-state index contributed by atoms with van der Waals surface area (Å²) in [5, 5.41) is 0. The molecule has 0 unspecified atom stereocenters. The van der Waals surface area contributed by atoms with Crippen molar-refractivity contribution < 1.29 is 28.5 Å². The summed E-state index contributed by atoms with van der Waals surface area (Å²) in [5.74, 6) is -0.156. The molecule has 7 nitrogen and oxygen atoms in total. The van der Waals surface area contributed by atoms with Crippen molar-refractivity contribution in [3.63, 3.8) is 0 Å². The minimum atomic E-state index is -0.886. The number of fused-ring (bicyclic) bond motifs is 3. The number of carbonyl (C=O) groups excluding carboxylic acids is 2. The molecular weight excluding hydrogens is 362 g/mol. The van der Waals surface area contributed by atoms with Gasteiger partial charge in [-0.25, -0.2) is 0 Å². The molecular formula is C21H23NO6. The van der Waals surface area contributed by atoms with E-state index in [0.717, 1.165) is 11.3 Å². The second-order valence-corrected chi connectivity index (χ2v) is 7.20. The van der Waals surface area contributed by atoms with E-state index in [2.05, 4.69) is 0 Å². The van der Waals surface area contributed by atoms with Crippen LogP contribution in [0.3, 0.4) is 0 Å². The Labute approximate surface area is 163 Å². The Kier molecular flexibility index (Phi) is 4.95. The van der Waals surface area contributed by atoms with Gasteiger partial charge in [0.2, 0.25) is 5.91 Å². The lowest BCUT2D eigenvalue weighted by Crippen LogP contribution is -2.39. The van der Waals surface area contributed by atoms with Gasteiger partial charge in [-0.15, -0.1) is 0 Å². The first-order valence-electron chi connectivity index (χ1n) is 9.25. The molecule has 1 aromatic rings. The van der Waals surface area contributed by atoms with E-state index in [-0.39, 0.29) is 18.1 Å². The number of benzene rings is 1. The molecule has 2 saturated heterocycles. The Morgan fingerprint density at radius 3 is 2.86 bits per heavy atom. The summed E-state index contributed by atoms with van der Waals surface area (Å²) in [6.07, 6.45) is 6.20. The third-order valence-corrected chi connectivity index (χ3v) is 5.38. The number of carbonyl (C=O) groups is 2. The molecule has 148 valence electrons. The topological polar surface area (TPSA) is 74.3 Å². The highest BCUT2D eigenvalue weighted by molar-refractivity contribution is 5.85. The molecule has 0 radical (unpaired) electrons. The lowest BCUT2D eigenvalue weighted by Gasteiger charge is -2.26. The molecule has 3 heterocycles. The van der Waals surface area contributed by atoms with Crippen LogP contribution in [0.5, 0.6) is 5.75 Å². The molecule has 3 aliphatic rings. The molecule has 0 aliphatic carbocycles. The van der Waals surface area contributed by atoms with Gasteiger partial charge >= 0.3 is 5.97 Å². The number of methoxy groups -OCH3 is 1. The Hall–Kier alpha value is -2.64. The third-order valence-electron chi connectivity index (χ3n) is 5.38. The van der Waals surface area contributed by atoms with E-state index in [1.165, 1.54) is 13.2 Å². The quantitative estimate of drug-likeness (QED) is 0.437. The predicted molar refractivity (Wildman–Crippen MR) is 99.3 cm³/mol. The van der Waals surface area contributed by atoms with Crippen LogP contribution in [0.15, 0.2) is 48.8 Å². The maximum atomic E-state index is 13.2. The highest BCUT2D eigenvalue weighted by atomic mass is 16.6. The molecule has 3 aliphatic heterocycles. The number of esters is 1. The average Bonchev–Trinajstić information content (AvgIpc) is 3.13. The highest BCUT2D eigenvalue weighted by Crippen LogP contribution is 2.47. The third kappa shape index (κ3) is 3.31. The monoisotopic (exact) mass is 385 g/mol. The van der Waals surface area contributed by atoms with Crippen molar-refractivity contribution in [2.75, 3.05) is 20.3 Å². The van der Waals surface area contributed by atoms with Crippen LogP contribution in [0.4, 0.5) is 0 Å². The fourth-order valence-corrected chi connectivity index (χ4v) is 4.14. The number of hydrogen-bond donors (Lipinski definition) is 0. The zero-order valence-corrected chi connectivity index (χ0v) is 15.9. The van der Waals surface area contributed by atoms with Crippen LogP contribution in [0.25, 0.3) is 0 Å². The summed E-state index contributed by atoms with van der Waals surface area (Å²) in [5.41, 5.74) is 0.109.